The van der Waals surface area contributed by atoms with Gasteiger partial charge in [0.05, 0.1) is 18.1 Å². The van der Waals surface area contributed by atoms with Crippen molar-refractivity contribution in [2.45, 2.75) is 52.6 Å². The third-order valence-electron chi connectivity index (χ3n) is 7.05. The topological polar surface area (TPSA) is 60.9 Å². The summed E-state index contributed by atoms with van der Waals surface area (Å²) in [4.78, 5) is 27.5. The molecule has 2 saturated heterocycles. The van der Waals surface area contributed by atoms with Crippen molar-refractivity contribution in [2.75, 3.05) is 32.8 Å². The number of aliphatic hydroxyl groups excluding tert-OH is 1. The number of benzene rings is 1. The number of piperidine rings is 1. The summed E-state index contributed by atoms with van der Waals surface area (Å²) in [5.74, 6) is -2.62. The number of carbonyl (C=O) groups is 2. The zero-order chi connectivity index (χ0) is 24.8. The molecular weight excluding hydrogens is 440 g/mol. The smallest absolute Gasteiger partial charge is 0.394 e. The molecule has 9 heteroatoms. The van der Waals surface area contributed by atoms with E-state index < -0.39 is 30.4 Å². The molecule has 0 saturated carbocycles. The van der Waals surface area contributed by atoms with Crippen molar-refractivity contribution in [2.24, 2.45) is 17.3 Å². The molecule has 1 aromatic carbocycles. The zero-order valence-electron chi connectivity index (χ0n) is 19.5. The first-order valence-corrected chi connectivity index (χ1v) is 11.4. The molecule has 1 aromatic rings. The Bertz CT molecular complexity index is 807. The van der Waals surface area contributed by atoms with Crippen LogP contribution in [0.15, 0.2) is 24.3 Å². The minimum absolute atomic E-state index is 0.104. The molecule has 2 fully saturated rings. The van der Waals surface area contributed by atoms with Gasteiger partial charge in [-0.3, -0.25) is 9.59 Å². The molecule has 3 rings (SSSR count). The standard InChI is InChI=1S/C17H21FN2O2.C7H13F3O/c1-13(21)19-9-6-17(7-10-19)8-11-20(12-17)16(22)14-4-2-3-5-15(14)18;1-3-5(2)6(4-11)7(8,9)10/h2-5H,6-12H2,1H3;5-6,11H,3-4H2,1-2H3. The van der Waals surface area contributed by atoms with Crippen LogP contribution >= 0.6 is 0 Å². The number of nitrogens with zero attached hydrogens (tertiary/aromatic N) is 2. The minimum Gasteiger partial charge on any atom is -0.396 e. The summed E-state index contributed by atoms with van der Waals surface area (Å²) in [5.41, 5.74) is 0.257. The molecule has 186 valence electrons. The number of amides is 2. The molecule has 2 heterocycles. The SMILES string of the molecule is CC(=O)N1CCC2(CC1)CCN(C(=O)c1ccccc1F)C2.CCC(C)C(CO)C(F)(F)F. The summed E-state index contributed by atoms with van der Waals surface area (Å²) < 4.78 is 49.8. The van der Waals surface area contributed by atoms with Crippen molar-refractivity contribution in [3.8, 4) is 0 Å². The highest BCUT2D eigenvalue weighted by molar-refractivity contribution is 5.94. The number of likely N-dealkylation sites (tertiary alicyclic amines) is 2. The van der Waals surface area contributed by atoms with Crippen LogP contribution in [-0.4, -0.2) is 65.7 Å². The van der Waals surface area contributed by atoms with E-state index in [2.05, 4.69) is 0 Å². The van der Waals surface area contributed by atoms with Gasteiger partial charge in [0.2, 0.25) is 5.91 Å². The molecule has 2 atom stereocenters. The van der Waals surface area contributed by atoms with Gasteiger partial charge in [0.15, 0.2) is 0 Å². The van der Waals surface area contributed by atoms with Crippen molar-refractivity contribution in [1.82, 2.24) is 9.80 Å². The number of hydrogen-bond donors (Lipinski definition) is 1. The second-order valence-corrected chi connectivity index (χ2v) is 9.18. The van der Waals surface area contributed by atoms with Crippen molar-refractivity contribution in [3.63, 3.8) is 0 Å². The maximum absolute atomic E-state index is 13.8. The van der Waals surface area contributed by atoms with Crippen LogP contribution in [0.1, 0.15) is 56.8 Å². The van der Waals surface area contributed by atoms with E-state index in [0.717, 1.165) is 32.4 Å². The van der Waals surface area contributed by atoms with Gasteiger partial charge in [-0.1, -0.05) is 32.4 Å². The fourth-order valence-corrected chi connectivity index (χ4v) is 4.51. The predicted octanol–water partition coefficient (Wildman–Crippen LogP) is 4.50. The van der Waals surface area contributed by atoms with E-state index >= 15 is 0 Å². The van der Waals surface area contributed by atoms with E-state index in [9.17, 15) is 27.2 Å². The molecule has 2 amide bonds. The van der Waals surface area contributed by atoms with Gasteiger partial charge in [0.25, 0.3) is 5.91 Å². The lowest BCUT2D eigenvalue weighted by Crippen LogP contribution is -2.44. The molecule has 5 nitrogen and oxygen atoms in total. The Morgan fingerprint density at radius 1 is 1.09 bits per heavy atom. The third kappa shape index (κ3) is 6.91. The lowest BCUT2D eigenvalue weighted by atomic mass is 9.78. The number of rotatable bonds is 4. The van der Waals surface area contributed by atoms with Gasteiger partial charge in [-0.15, -0.1) is 0 Å². The highest BCUT2D eigenvalue weighted by Gasteiger charge is 2.43. The highest BCUT2D eigenvalue weighted by Crippen LogP contribution is 2.41. The molecule has 33 heavy (non-hydrogen) atoms. The first-order chi connectivity index (χ1) is 15.4. The minimum atomic E-state index is -4.26. The van der Waals surface area contributed by atoms with Gasteiger partial charge in [-0.25, -0.2) is 4.39 Å². The third-order valence-corrected chi connectivity index (χ3v) is 7.05. The van der Waals surface area contributed by atoms with Crippen LogP contribution in [-0.2, 0) is 4.79 Å². The summed E-state index contributed by atoms with van der Waals surface area (Å²) in [7, 11) is 0. The van der Waals surface area contributed by atoms with Crippen LogP contribution in [0.2, 0.25) is 0 Å². The number of alkyl halides is 3. The molecule has 2 aliphatic heterocycles. The Hall–Kier alpha value is -2.16. The number of halogens is 4. The molecule has 2 unspecified atom stereocenters. The van der Waals surface area contributed by atoms with E-state index in [1.54, 1.807) is 36.9 Å². The summed E-state index contributed by atoms with van der Waals surface area (Å²) >= 11 is 0. The van der Waals surface area contributed by atoms with Gasteiger partial charge in [-0.05, 0) is 42.7 Å². The summed E-state index contributed by atoms with van der Waals surface area (Å²) in [6.07, 6.45) is -1.03. The monoisotopic (exact) mass is 474 g/mol. The lowest BCUT2D eigenvalue weighted by molar-refractivity contribution is -0.197. The molecule has 0 radical (unpaired) electrons. The second-order valence-electron chi connectivity index (χ2n) is 9.18. The first kappa shape index (κ1) is 27.1. The van der Waals surface area contributed by atoms with Gasteiger partial charge < -0.3 is 14.9 Å². The van der Waals surface area contributed by atoms with Crippen LogP contribution in [0.4, 0.5) is 17.6 Å². The van der Waals surface area contributed by atoms with Crippen molar-refractivity contribution in [1.29, 1.82) is 0 Å². The van der Waals surface area contributed by atoms with Gasteiger partial charge >= 0.3 is 6.18 Å². The van der Waals surface area contributed by atoms with Crippen LogP contribution in [0.5, 0.6) is 0 Å². The van der Waals surface area contributed by atoms with E-state index in [0.29, 0.717) is 19.5 Å². The predicted molar refractivity (Wildman–Crippen MR) is 117 cm³/mol. The summed E-state index contributed by atoms with van der Waals surface area (Å²) in [5, 5.41) is 8.44. The largest absolute Gasteiger partial charge is 0.396 e. The van der Waals surface area contributed by atoms with Gasteiger partial charge in [-0.2, -0.15) is 13.2 Å². The number of carbonyl (C=O) groups excluding carboxylic acids is 2. The van der Waals surface area contributed by atoms with E-state index in [-0.39, 0.29) is 22.8 Å². The van der Waals surface area contributed by atoms with Gasteiger partial charge in [0.1, 0.15) is 5.82 Å². The Kier molecular flexibility index (Phi) is 9.29. The average molecular weight is 475 g/mol. The fraction of sp³-hybridized carbons (Fsp3) is 0.667. The number of hydrogen-bond acceptors (Lipinski definition) is 3. The summed E-state index contributed by atoms with van der Waals surface area (Å²) in [6.45, 7) is 6.83. The Morgan fingerprint density at radius 2 is 1.64 bits per heavy atom. The quantitative estimate of drug-likeness (QED) is 0.654. The molecule has 1 spiro atoms. The van der Waals surface area contributed by atoms with Crippen molar-refractivity contribution < 1.29 is 32.3 Å². The Balaban J connectivity index is 0.000000299. The van der Waals surface area contributed by atoms with E-state index in [4.69, 9.17) is 5.11 Å². The van der Waals surface area contributed by atoms with E-state index in [1.807, 2.05) is 4.90 Å². The maximum atomic E-state index is 13.8. The van der Waals surface area contributed by atoms with Crippen LogP contribution < -0.4 is 0 Å². The zero-order valence-corrected chi connectivity index (χ0v) is 19.5. The second kappa shape index (κ2) is 11.3. The van der Waals surface area contributed by atoms with Crippen LogP contribution in [0, 0.1) is 23.1 Å². The molecule has 0 aromatic heterocycles. The van der Waals surface area contributed by atoms with Crippen LogP contribution in [0.25, 0.3) is 0 Å². The highest BCUT2D eigenvalue weighted by atomic mass is 19.4. The fourth-order valence-electron chi connectivity index (χ4n) is 4.51. The van der Waals surface area contributed by atoms with Crippen molar-refractivity contribution in [3.05, 3.63) is 35.6 Å². The Morgan fingerprint density at radius 3 is 2.06 bits per heavy atom. The average Bonchev–Trinajstić information content (AvgIpc) is 3.17. The molecule has 2 aliphatic rings. The lowest BCUT2D eigenvalue weighted by Gasteiger charge is -2.38. The maximum Gasteiger partial charge on any atom is 0.394 e. The molecule has 0 bridgehead atoms. The summed E-state index contributed by atoms with van der Waals surface area (Å²) in [6, 6.07) is 6.15. The van der Waals surface area contributed by atoms with E-state index in [1.165, 1.54) is 13.0 Å². The van der Waals surface area contributed by atoms with Gasteiger partial charge in [0, 0.05) is 33.1 Å². The molecule has 0 aliphatic carbocycles. The Labute approximate surface area is 192 Å². The molecule has 1 N–H and O–H groups in total. The van der Waals surface area contributed by atoms with Crippen molar-refractivity contribution >= 4 is 11.8 Å². The number of aliphatic hydroxyl groups is 1. The normalized spacial score (nSPS) is 19.6. The molecular formula is C24H34F4N2O3. The first-order valence-electron chi connectivity index (χ1n) is 11.4. The van der Waals surface area contributed by atoms with Crippen LogP contribution in [0.3, 0.4) is 0 Å².